The Hall–Kier alpha value is -3.47. The topological polar surface area (TPSA) is 96.7 Å². The first kappa shape index (κ1) is 25.3. The Balaban J connectivity index is 1.43. The average molecular weight is 638 g/mol. The molecule has 1 aromatic heterocycles. The smallest absolute Gasteiger partial charge is 0.335 e. The van der Waals surface area contributed by atoms with E-state index in [0.29, 0.717) is 50.0 Å². The fraction of sp³-hybridized carbons (Fsp3) is 0.300. The Morgan fingerprint density at radius 2 is 2.05 bits per heavy atom. The third-order valence-electron chi connectivity index (χ3n) is 9.07. The van der Waals surface area contributed by atoms with Gasteiger partial charge in [-0.2, -0.15) is 5.10 Å². The number of ether oxygens (including phenoxy) is 1. The van der Waals surface area contributed by atoms with E-state index < -0.39 is 29.3 Å². The number of nitrogens with one attached hydrogen (secondary N) is 1. The number of nitrogens with zero attached hydrogens (tertiary/aromatic N) is 3. The maximum atomic E-state index is 16.2. The first-order valence-electron chi connectivity index (χ1n) is 13.5. The Morgan fingerprint density at radius 3 is 2.83 bits per heavy atom. The van der Waals surface area contributed by atoms with Gasteiger partial charge in [-0.05, 0) is 76.7 Å². The van der Waals surface area contributed by atoms with Crippen molar-refractivity contribution < 1.29 is 23.8 Å². The average Bonchev–Trinajstić information content (AvgIpc) is 3.53. The van der Waals surface area contributed by atoms with E-state index >= 15 is 4.39 Å². The second-order valence-electron chi connectivity index (χ2n) is 11.3. The predicted octanol–water partition coefficient (Wildman–Crippen LogP) is 5.95. The Bertz CT molecular complexity index is 1810. The maximum Gasteiger partial charge on any atom is 0.335 e. The van der Waals surface area contributed by atoms with Crippen molar-refractivity contribution in [2.45, 2.75) is 36.4 Å². The van der Waals surface area contributed by atoms with Gasteiger partial charge in [-0.1, -0.05) is 29.8 Å². The molecule has 208 valence electrons. The predicted molar refractivity (Wildman–Crippen MR) is 153 cm³/mol. The monoisotopic (exact) mass is 636 g/mol. The van der Waals surface area contributed by atoms with Gasteiger partial charge in [-0.25, -0.2) is 13.9 Å². The van der Waals surface area contributed by atoms with Crippen molar-refractivity contribution in [2.75, 3.05) is 18.5 Å². The summed E-state index contributed by atoms with van der Waals surface area (Å²) in [6.07, 6.45) is 2.12. The molecule has 4 heterocycles. The lowest BCUT2D eigenvalue weighted by Crippen LogP contribution is -2.54. The van der Waals surface area contributed by atoms with Crippen LogP contribution < -0.4 is 10.1 Å². The number of halogens is 3. The molecule has 4 aromatic rings. The molecule has 1 aliphatic carbocycles. The number of likely N-dealkylation sites (tertiary alicyclic amines) is 1. The molecule has 41 heavy (non-hydrogen) atoms. The molecular weight excluding hydrogens is 615 g/mol. The highest BCUT2D eigenvalue weighted by molar-refractivity contribution is 9.10. The van der Waals surface area contributed by atoms with Crippen molar-refractivity contribution >= 4 is 56.0 Å². The SMILES string of the molecule is O=C(O)c1ccc2c3n(nc2c1)[C@@H]1[C@H](CO3)N(CC2CC2)[C@@]2(C(=O)Nc3cc(Cl)ccc32)[C@H]1c1cccc(Br)c1F. The number of carboxylic acids is 1. The molecule has 8 nitrogen and oxygen atoms in total. The lowest BCUT2D eigenvalue weighted by Gasteiger charge is -2.39. The van der Waals surface area contributed by atoms with Gasteiger partial charge in [0.2, 0.25) is 11.8 Å². The minimum absolute atomic E-state index is 0.110. The zero-order chi connectivity index (χ0) is 28.2. The summed E-state index contributed by atoms with van der Waals surface area (Å²) in [4.78, 5) is 28.4. The number of carbonyl (C=O) groups excluding carboxylic acids is 1. The molecule has 3 aliphatic heterocycles. The van der Waals surface area contributed by atoms with Crippen LogP contribution in [0.2, 0.25) is 5.02 Å². The number of carbonyl (C=O) groups is 2. The lowest BCUT2D eigenvalue weighted by atomic mass is 9.73. The molecular formula is C30H23BrClFN4O4. The molecule has 4 atom stereocenters. The van der Waals surface area contributed by atoms with Crippen LogP contribution in [0.3, 0.4) is 0 Å². The molecule has 1 amide bonds. The van der Waals surface area contributed by atoms with Crippen LogP contribution in [0.1, 0.15) is 46.3 Å². The van der Waals surface area contributed by atoms with E-state index in [1.54, 1.807) is 41.1 Å². The van der Waals surface area contributed by atoms with Gasteiger partial charge < -0.3 is 15.2 Å². The molecule has 1 spiro atoms. The summed E-state index contributed by atoms with van der Waals surface area (Å²) in [5.74, 6) is -1.52. The van der Waals surface area contributed by atoms with E-state index in [-0.39, 0.29) is 24.1 Å². The highest BCUT2D eigenvalue weighted by atomic mass is 79.9. The highest BCUT2D eigenvalue weighted by Gasteiger charge is 2.69. The summed E-state index contributed by atoms with van der Waals surface area (Å²) in [6, 6.07) is 14.5. The van der Waals surface area contributed by atoms with Crippen LogP contribution in [0.4, 0.5) is 10.1 Å². The van der Waals surface area contributed by atoms with Crippen LogP contribution in [-0.2, 0) is 10.3 Å². The van der Waals surface area contributed by atoms with Crippen LogP contribution >= 0.6 is 27.5 Å². The van der Waals surface area contributed by atoms with Crippen molar-refractivity contribution in [3.8, 4) is 5.88 Å². The second kappa shape index (κ2) is 8.77. The molecule has 2 fully saturated rings. The van der Waals surface area contributed by atoms with Crippen LogP contribution in [0.25, 0.3) is 10.9 Å². The van der Waals surface area contributed by atoms with E-state index in [1.807, 2.05) is 6.07 Å². The van der Waals surface area contributed by atoms with Gasteiger partial charge in [-0.3, -0.25) is 9.69 Å². The molecule has 11 heteroatoms. The minimum atomic E-state index is -1.26. The molecule has 0 unspecified atom stereocenters. The lowest BCUT2D eigenvalue weighted by molar-refractivity contribution is -0.128. The molecule has 1 saturated heterocycles. The Morgan fingerprint density at radius 1 is 1.22 bits per heavy atom. The fourth-order valence-corrected chi connectivity index (χ4v) is 7.78. The quantitative estimate of drug-likeness (QED) is 0.287. The number of aromatic carboxylic acids is 1. The maximum absolute atomic E-state index is 16.2. The summed E-state index contributed by atoms with van der Waals surface area (Å²) in [7, 11) is 0. The van der Waals surface area contributed by atoms with Gasteiger partial charge in [0, 0.05) is 28.7 Å². The van der Waals surface area contributed by atoms with Gasteiger partial charge in [0.05, 0.1) is 33.0 Å². The molecule has 2 N–H and O–H groups in total. The molecule has 8 rings (SSSR count). The molecule has 4 aliphatic rings. The van der Waals surface area contributed by atoms with Crippen molar-refractivity contribution in [3.63, 3.8) is 0 Å². The number of fused-ring (bicyclic) bond motifs is 7. The number of hydrogen-bond acceptors (Lipinski definition) is 5. The van der Waals surface area contributed by atoms with Crippen molar-refractivity contribution in [3.05, 3.63) is 86.6 Å². The summed E-state index contributed by atoms with van der Waals surface area (Å²) < 4.78 is 24.6. The van der Waals surface area contributed by atoms with E-state index in [2.05, 4.69) is 26.1 Å². The van der Waals surface area contributed by atoms with Crippen LogP contribution in [0, 0.1) is 11.7 Å². The molecule has 1 saturated carbocycles. The number of hydrogen-bond donors (Lipinski definition) is 2. The molecule has 0 bridgehead atoms. The largest absolute Gasteiger partial charge is 0.478 e. The molecule has 0 radical (unpaired) electrons. The number of aromatic nitrogens is 2. The zero-order valence-corrected chi connectivity index (χ0v) is 23.8. The van der Waals surface area contributed by atoms with Gasteiger partial charge in [0.15, 0.2) is 0 Å². The Kier molecular flexibility index (Phi) is 5.40. The van der Waals surface area contributed by atoms with E-state index in [0.717, 1.165) is 18.4 Å². The summed E-state index contributed by atoms with van der Waals surface area (Å²) in [5, 5.41) is 18.7. The Labute approximate surface area is 247 Å². The van der Waals surface area contributed by atoms with Crippen LogP contribution in [-0.4, -0.2) is 50.9 Å². The standard InChI is InChI=1S/C30H23BrClFN4O4/c31-20-3-1-2-18(25(20)33)24-26-23(13-41-27-17-8-6-15(28(38)39)10-21(17)35-37(26)27)36(12-14-4-5-14)30(24)19-9-7-16(32)11-22(19)34-29(30)40/h1-3,6-11,14,23-24,26H,4-5,12-13H2,(H,34,40)(H,38,39)/t23-,24-,26+,30+/m0/s1. The zero-order valence-electron chi connectivity index (χ0n) is 21.5. The van der Waals surface area contributed by atoms with Gasteiger partial charge in [-0.15, -0.1) is 0 Å². The van der Waals surface area contributed by atoms with Crippen LogP contribution in [0.15, 0.2) is 59.1 Å². The van der Waals surface area contributed by atoms with Gasteiger partial charge >= 0.3 is 5.97 Å². The van der Waals surface area contributed by atoms with Crippen molar-refractivity contribution in [2.24, 2.45) is 5.92 Å². The minimum Gasteiger partial charge on any atom is -0.478 e. The van der Waals surface area contributed by atoms with E-state index in [1.165, 1.54) is 12.1 Å². The normalized spacial score (nSPS) is 26.5. The van der Waals surface area contributed by atoms with E-state index in [9.17, 15) is 14.7 Å². The third kappa shape index (κ3) is 3.44. The first-order valence-corrected chi connectivity index (χ1v) is 14.7. The van der Waals surface area contributed by atoms with Gasteiger partial charge in [0.1, 0.15) is 18.0 Å². The highest BCUT2D eigenvalue weighted by Crippen LogP contribution is 2.63. The molecule has 3 aromatic carbocycles. The van der Waals surface area contributed by atoms with Crippen LogP contribution in [0.5, 0.6) is 5.88 Å². The second-order valence-corrected chi connectivity index (χ2v) is 12.6. The van der Waals surface area contributed by atoms with Crippen molar-refractivity contribution in [1.29, 1.82) is 0 Å². The summed E-state index contributed by atoms with van der Waals surface area (Å²) in [6.45, 7) is 0.911. The van der Waals surface area contributed by atoms with Gasteiger partial charge in [0.25, 0.3) is 0 Å². The number of amides is 1. The number of benzene rings is 3. The summed E-state index contributed by atoms with van der Waals surface area (Å²) >= 11 is 9.73. The van der Waals surface area contributed by atoms with Crippen molar-refractivity contribution in [1.82, 2.24) is 14.7 Å². The first-order chi connectivity index (χ1) is 19.8. The summed E-state index contributed by atoms with van der Waals surface area (Å²) in [5.41, 5.74) is 1.07. The number of carboxylic acid groups (broad SMARTS) is 1. The van der Waals surface area contributed by atoms with E-state index in [4.69, 9.17) is 21.4 Å². The number of anilines is 1. The fourth-order valence-electron chi connectivity index (χ4n) is 7.22. The number of rotatable bonds is 4. The third-order valence-corrected chi connectivity index (χ3v) is 9.91.